The monoisotopic (exact) mass is 401 g/mol. The van der Waals surface area contributed by atoms with E-state index in [9.17, 15) is 4.79 Å². The molecular weight excluding hydrogens is 378 g/mol. The van der Waals surface area contributed by atoms with E-state index in [1.807, 2.05) is 24.3 Å². The largest absolute Gasteiger partial charge is 0.497 e. The average molecular weight is 401 g/mol. The van der Waals surface area contributed by atoms with Crippen molar-refractivity contribution in [2.24, 2.45) is 0 Å². The third-order valence-electron chi connectivity index (χ3n) is 4.30. The van der Waals surface area contributed by atoms with Crippen molar-refractivity contribution in [1.29, 1.82) is 0 Å². The molecule has 1 heterocycles. The summed E-state index contributed by atoms with van der Waals surface area (Å²) in [7, 11) is 3.18. The number of carbonyl (C=O) groups is 1. The Balaban J connectivity index is 1.60. The molecule has 3 rings (SSSR count). The first-order valence-electron chi connectivity index (χ1n) is 8.87. The van der Waals surface area contributed by atoms with Gasteiger partial charge in [0.1, 0.15) is 11.5 Å². The molecule has 0 radical (unpaired) electrons. The fourth-order valence-corrected chi connectivity index (χ4v) is 3.05. The maximum absolute atomic E-state index is 12.5. The minimum Gasteiger partial charge on any atom is -0.497 e. The van der Waals surface area contributed by atoms with Crippen LogP contribution in [0.25, 0.3) is 0 Å². The summed E-state index contributed by atoms with van der Waals surface area (Å²) in [5.74, 6) is 1.34. The number of hydrogen-bond donors (Lipinski definition) is 2. The Labute approximate surface area is 169 Å². The highest BCUT2D eigenvalue weighted by Crippen LogP contribution is 2.26. The molecule has 148 valence electrons. The van der Waals surface area contributed by atoms with E-state index in [2.05, 4.69) is 10.6 Å². The van der Waals surface area contributed by atoms with E-state index in [-0.39, 0.29) is 5.91 Å². The highest BCUT2D eigenvalue weighted by molar-refractivity contribution is 7.80. The number of nitrogens with one attached hydrogen (secondary N) is 2. The van der Waals surface area contributed by atoms with E-state index in [0.29, 0.717) is 48.5 Å². The number of hydrogen-bond acceptors (Lipinski definition) is 5. The first-order valence-corrected chi connectivity index (χ1v) is 9.28. The molecule has 0 bridgehead atoms. The quantitative estimate of drug-likeness (QED) is 0.746. The third kappa shape index (κ3) is 5.11. The molecule has 0 unspecified atom stereocenters. The topological polar surface area (TPSA) is 72.1 Å². The molecule has 1 aliphatic rings. The molecule has 0 atom stereocenters. The van der Waals surface area contributed by atoms with Crippen LogP contribution < -0.4 is 20.1 Å². The Hall–Kier alpha value is -2.84. The summed E-state index contributed by atoms with van der Waals surface area (Å²) >= 11 is 5.37. The minimum atomic E-state index is 0.0130. The van der Waals surface area contributed by atoms with Gasteiger partial charge in [-0.25, -0.2) is 0 Å². The van der Waals surface area contributed by atoms with Gasteiger partial charge >= 0.3 is 0 Å². The maximum atomic E-state index is 12.5. The molecule has 0 aliphatic carbocycles. The van der Waals surface area contributed by atoms with Crippen molar-refractivity contribution in [2.45, 2.75) is 0 Å². The average Bonchev–Trinajstić information content (AvgIpc) is 2.74. The standard InChI is InChI=1S/C20H23N3O4S/c1-25-17-11-16(12-18(13-17)26-2)22-20(28)21-15-5-3-14(4-6-15)19(24)23-7-9-27-10-8-23/h3-6,11-13H,7-10H2,1-2H3,(H2,21,22,28). The van der Waals surface area contributed by atoms with E-state index in [1.54, 1.807) is 37.3 Å². The molecule has 2 aromatic rings. The normalized spacial score (nSPS) is 13.6. The number of anilines is 2. The van der Waals surface area contributed by atoms with Crippen LogP contribution in [0, 0.1) is 0 Å². The second-order valence-corrected chi connectivity index (χ2v) is 6.57. The van der Waals surface area contributed by atoms with Gasteiger partial charge in [-0.3, -0.25) is 4.79 Å². The van der Waals surface area contributed by atoms with Crippen LogP contribution in [0.2, 0.25) is 0 Å². The van der Waals surface area contributed by atoms with Crippen molar-refractivity contribution < 1.29 is 19.0 Å². The lowest BCUT2D eigenvalue weighted by Gasteiger charge is -2.26. The molecule has 0 spiro atoms. The van der Waals surface area contributed by atoms with Gasteiger partial charge in [0.2, 0.25) is 0 Å². The van der Waals surface area contributed by atoms with Gasteiger partial charge in [0.15, 0.2) is 5.11 Å². The van der Waals surface area contributed by atoms with E-state index in [4.69, 9.17) is 26.4 Å². The van der Waals surface area contributed by atoms with Crippen LogP contribution in [0.3, 0.4) is 0 Å². The van der Waals surface area contributed by atoms with Crippen LogP contribution in [-0.2, 0) is 4.74 Å². The van der Waals surface area contributed by atoms with Crippen molar-refractivity contribution >= 4 is 34.6 Å². The molecule has 2 N–H and O–H groups in total. The van der Waals surface area contributed by atoms with Crippen molar-refractivity contribution in [2.75, 3.05) is 51.2 Å². The minimum absolute atomic E-state index is 0.0130. The Morgan fingerprint density at radius 1 is 0.964 bits per heavy atom. The number of thiocarbonyl (C=S) groups is 1. The van der Waals surface area contributed by atoms with Crippen LogP contribution in [0.1, 0.15) is 10.4 Å². The van der Waals surface area contributed by atoms with E-state index in [0.717, 1.165) is 11.4 Å². The molecule has 28 heavy (non-hydrogen) atoms. The first-order chi connectivity index (χ1) is 13.6. The second-order valence-electron chi connectivity index (χ2n) is 6.16. The van der Waals surface area contributed by atoms with Gasteiger partial charge in [-0.05, 0) is 36.5 Å². The molecule has 0 saturated carbocycles. The Morgan fingerprint density at radius 2 is 1.54 bits per heavy atom. The molecule has 1 amide bonds. The van der Waals surface area contributed by atoms with Crippen LogP contribution in [0.5, 0.6) is 11.5 Å². The smallest absolute Gasteiger partial charge is 0.254 e. The number of benzene rings is 2. The number of carbonyl (C=O) groups excluding carboxylic acids is 1. The zero-order valence-corrected chi connectivity index (χ0v) is 16.7. The summed E-state index contributed by atoms with van der Waals surface area (Å²) in [4.78, 5) is 14.3. The molecule has 7 nitrogen and oxygen atoms in total. The van der Waals surface area contributed by atoms with Crippen molar-refractivity contribution in [3.8, 4) is 11.5 Å². The first kappa shape index (κ1) is 19.9. The molecular formula is C20H23N3O4S. The van der Waals surface area contributed by atoms with Gasteiger partial charge < -0.3 is 29.7 Å². The van der Waals surface area contributed by atoms with E-state index in [1.165, 1.54) is 0 Å². The summed E-state index contributed by atoms with van der Waals surface area (Å²) in [5, 5.41) is 6.62. The summed E-state index contributed by atoms with van der Waals surface area (Å²) < 4.78 is 15.8. The summed E-state index contributed by atoms with van der Waals surface area (Å²) in [5.41, 5.74) is 2.17. The van der Waals surface area contributed by atoms with Gasteiger partial charge in [0, 0.05) is 48.2 Å². The highest BCUT2D eigenvalue weighted by Gasteiger charge is 2.18. The van der Waals surface area contributed by atoms with Gasteiger partial charge in [0.25, 0.3) is 5.91 Å². The fourth-order valence-electron chi connectivity index (χ4n) is 2.82. The Kier molecular flexibility index (Phi) is 6.67. The predicted molar refractivity (Wildman–Crippen MR) is 113 cm³/mol. The zero-order chi connectivity index (χ0) is 19.9. The lowest BCUT2D eigenvalue weighted by atomic mass is 10.1. The lowest BCUT2D eigenvalue weighted by molar-refractivity contribution is 0.0303. The van der Waals surface area contributed by atoms with E-state index >= 15 is 0 Å². The zero-order valence-electron chi connectivity index (χ0n) is 15.9. The second kappa shape index (κ2) is 9.38. The molecule has 1 fully saturated rings. The molecule has 2 aromatic carbocycles. The maximum Gasteiger partial charge on any atom is 0.254 e. The number of amides is 1. The predicted octanol–water partition coefficient (Wildman–Crippen LogP) is 2.99. The van der Waals surface area contributed by atoms with Gasteiger partial charge in [-0.1, -0.05) is 0 Å². The highest BCUT2D eigenvalue weighted by atomic mass is 32.1. The Morgan fingerprint density at radius 3 is 2.11 bits per heavy atom. The van der Waals surface area contributed by atoms with Crippen LogP contribution in [0.15, 0.2) is 42.5 Å². The molecule has 1 aliphatic heterocycles. The number of nitrogens with zero attached hydrogens (tertiary/aromatic N) is 1. The van der Waals surface area contributed by atoms with Crippen molar-refractivity contribution in [3.05, 3.63) is 48.0 Å². The van der Waals surface area contributed by atoms with Crippen LogP contribution in [0.4, 0.5) is 11.4 Å². The van der Waals surface area contributed by atoms with Gasteiger partial charge in [-0.2, -0.15) is 0 Å². The molecule has 8 heteroatoms. The number of rotatable bonds is 5. The summed E-state index contributed by atoms with van der Waals surface area (Å²) in [6, 6.07) is 12.7. The van der Waals surface area contributed by atoms with Crippen LogP contribution in [-0.4, -0.2) is 56.4 Å². The molecule has 1 saturated heterocycles. The van der Waals surface area contributed by atoms with E-state index < -0.39 is 0 Å². The Bertz CT molecular complexity index is 814. The fraction of sp³-hybridized carbons (Fsp3) is 0.300. The molecule has 0 aromatic heterocycles. The number of morpholine rings is 1. The van der Waals surface area contributed by atoms with Crippen molar-refractivity contribution in [1.82, 2.24) is 4.90 Å². The van der Waals surface area contributed by atoms with Crippen LogP contribution >= 0.6 is 12.2 Å². The summed E-state index contributed by atoms with van der Waals surface area (Å²) in [6.45, 7) is 2.41. The number of methoxy groups -OCH3 is 2. The lowest BCUT2D eigenvalue weighted by Crippen LogP contribution is -2.40. The van der Waals surface area contributed by atoms with Gasteiger partial charge in [-0.15, -0.1) is 0 Å². The van der Waals surface area contributed by atoms with Crippen molar-refractivity contribution in [3.63, 3.8) is 0 Å². The third-order valence-corrected chi connectivity index (χ3v) is 4.50. The number of ether oxygens (including phenoxy) is 3. The van der Waals surface area contributed by atoms with Gasteiger partial charge in [0.05, 0.1) is 27.4 Å². The SMILES string of the molecule is COc1cc(NC(=S)Nc2ccc(C(=O)N3CCOCC3)cc2)cc(OC)c1. The summed E-state index contributed by atoms with van der Waals surface area (Å²) in [6.07, 6.45) is 0.